The normalized spacial score (nSPS) is 14.5. The number of morpholine rings is 1. The first kappa shape index (κ1) is 23.9. The molecule has 3 aromatic carbocycles. The molecular weight excluding hydrogens is 452 g/mol. The number of carbonyl (C=O) groups is 1. The summed E-state index contributed by atoms with van der Waals surface area (Å²) >= 11 is 0. The van der Waals surface area contributed by atoms with Crippen LogP contribution < -0.4 is 10.1 Å². The number of amides is 1. The maximum Gasteiger partial charge on any atom is 0.246 e. The Morgan fingerprint density at radius 2 is 1.68 bits per heavy atom. The summed E-state index contributed by atoms with van der Waals surface area (Å²) < 4.78 is 38.4. The molecule has 4 rings (SSSR count). The molecule has 1 fully saturated rings. The van der Waals surface area contributed by atoms with Crippen molar-refractivity contribution in [3.8, 4) is 5.75 Å². The van der Waals surface area contributed by atoms with Crippen molar-refractivity contribution in [1.82, 2.24) is 4.31 Å². The van der Waals surface area contributed by atoms with Gasteiger partial charge >= 0.3 is 0 Å². The van der Waals surface area contributed by atoms with Crippen LogP contribution in [-0.2, 0) is 32.4 Å². The Balaban J connectivity index is 1.51. The lowest BCUT2D eigenvalue weighted by atomic mass is 10.0. The lowest BCUT2D eigenvalue weighted by Gasteiger charge is -2.26. The number of hydrogen-bond acceptors (Lipinski definition) is 5. The maximum absolute atomic E-state index is 13.2. The van der Waals surface area contributed by atoms with Crippen molar-refractivity contribution >= 4 is 21.6 Å². The molecule has 0 bridgehead atoms. The van der Waals surface area contributed by atoms with Gasteiger partial charge < -0.3 is 14.8 Å². The number of para-hydroxylation sites is 1. The monoisotopic (exact) mass is 480 g/mol. The van der Waals surface area contributed by atoms with E-state index in [1.807, 2.05) is 54.6 Å². The van der Waals surface area contributed by atoms with E-state index in [0.717, 1.165) is 16.8 Å². The summed E-state index contributed by atoms with van der Waals surface area (Å²) in [5.74, 6) is 0.0317. The molecule has 1 aliphatic rings. The molecule has 178 valence electrons. The van der Waals surface area contributed by atoms with Crippen LogP contribution in [0.25, 0.3) is 0 Å². The summed E-state index contributed by atoms with van der Waals surface area (Å²) in [6.45, 7) is 1.28. The number of carbonyl (C=O) groups excluding carboxylic acids is 1. The summed E-state index contributed by atoms with van der Waals surface area (Å²) in [7, 11) is -2.33. The first-order valence-electron chi connectivity index (χ1n) is 11.1. The Kier molecular flexibility index (Phi) is 7.62. The number of anilines is 1. The molecule has 0 aromatic heterocycles. The second-order valence-electron chi connectivity index (χ2n) is 8.05. The highest BCUT2D eigenvalue weighted by atomic mass is 32.2. The van der Waals surface area contributed by atoms with Crippen LogP contribution in [0.2, 0.25) is 0 Å². The number of nitrogens with zero attached hydrogens (tertiary/aromatic N) is 1. The zero-order chi connectivity index (χ0) is 24.0. The van der Waals surface area contributed by atoms with Gasteiger partial charge in [-0.3, -0.25) is 4.79 Å². The molecule has 0 spiro atoms. The number of benzene rings is 3. The molecule has 1 N–H and O–H groups in total. The van der Waals surface area contributed by atoms with Crippen LogP contribution in [-0.4, -0.2) is 52.0 Å². The standard InChI is InChI=1S/C26H28N2O5S/c1-32-24-12-11-21(18-25(24)34(30,31)28-13-15-33-16-14-28)19-26(29)27-23-10-6-5-9-22(23)17-20-7-3-2-4-8-20/h2-12,18H,13-17,19H2,1H3,(H,27,29). The maximum atomic E-state index is 13.2. The fourth-order valence-corrected chi connectivity index (χ4v) is 5.56. The van der Waals surface area contributed by atoms with Gasteiger partial charge in [-0.2, -0.15) is 4.31 Å². The van der Waals surface area contributed by atoms with Gasteiger partial charge in [-0.05, 0) is 41.3 Å². The molecule has 0 atom stereocenters. The van der Waals surface area contributed by atoms with Gasteiger partial charge in [0.25, 0.3) is 0 Å². The van der Waals surface area contributed by atoms with Crippen LogP contribution in [0.3, 0.4) is 0 Å². The summed E-state index contributed by atoms with van der Waals surface area (Å²) in [6, 6.07) is 22.6. The first-order valence-corrected chi connectivity index (χ1v) is 12.6. The van der Waals surface area contributed by atoms with E-state index in [-0.39, 0.29) is 36.1 Å². The zero-order valence-electron chi connectivity index (χ0n) is 19.1. The molecule has 1 saturated heterocycles. The van der Waals surface area contributed by atoms with Crippen molar-refractivity contribution in [3.05, 3.63) is 89.5 Å². The minimum Gasteiger partial charge on any atom is -0.495 e. The van der Waals surface area contributed by atoms with Gasteiger partial charge in [0.15, 0.2) is 0 Å². The number of nitrogens with one attached hydrogen (secondary N) is 1. The van der Waals surface area contributed by atoms with Crippen molar-refractivity contribution in [2.45, 2.75) is 17.7 Å². The van der Waals surface area contributed by atoms with Crippen molar-refractivity contribution < 1.29 is 22.7 Å². The summed E-state index contributed by atoms with van der Waals surface area (Å²) in [5.41, 5.74) is 3.49. The molecule has 8 heteroatoms. The van der Waals surface area contributed by atoms with Crippen LogP contribution in [0.1, 0.15) is 16.7 Å². The fourth-order valence-electron chi connectivity index (χ4n) is 3.95. The van der Waals surface area contributed by atoms with Gasteiger partial charge in [-0.15, -0.1) is 0 Å². The van der Waals surface area contributed by atoms with Crippen molar-refractivity contribution in [2.24, 2.45) is 0 Å². The highest BCUT2D eigenvalue weighted by molar-refractivity contribution is 7.89. The number of sulfonamides is 1. The quantitative estimate of drug-likeness (QED) is 0.534. The van der Waals surface area contributed by atoms with E-state index in [0.29, 0.717) is 25.2 Å². The lowest BCUT2D eigenvalue weighted by Crippen LogP contribution is -2.40. The van der Waals surface area contributed by atoms with Gasteiger partial charge in [0.05, 0.1) is 26.7 Å². The highest BCUT2D eigenvalue weighted by Crippen LogP contribution is 2.29. The van der Waals surface area contributed by atoms with Gasteiger partial charge in [0.1, 0.15) is 10.6 Å². The van der Waals surface area contributed by atoms with E-state index in [9.17, 15) is 13.2 Å². The van der Waals surface area contributed by atoms with E-state index in [2.05, 4.69) is 5.32 Å². The molecular formula is C26H28N2O5S. The van der Waals surface area contributed by atoms with Crippen LogP contribution in [0.5, 0.6) is 5.75 Å². The van der Waals surface area contributed by atoms with Crippen LogP contribution in [0.15, 0.2) is 77.7 Å². The Bertz CT molecular complexity index is 1240. The molecule has 0 saturated carbocycles. The zero-order valence-corrected chi connectivity index (χ0v) is 19.9. The van der Waals surface area contributed by atoms with E-state index < -0.39 is 10.0 Å². The molecule has 0 radical (unpaired) electrons. The van der Waals surface area contributed by atoms with Gasteiger partial charge in [-0.1, -0.05) is 54.6 Å². The Morgan fingerprint density at radius 3 is 2.41 bits per heavy atom. The third-order valence-corrected chi connectivity index (χ3v) is 7.63. The highest BCUT2D eigenvalue weighted by Gasteiger charge is 2.29. The molecule has 1 amide bonds. The average molecular weight is 481 g/mol. The van der Waals surface area contributed by atoms with Crippen molar-refractivity contribution in [3.63, 3.8) is 0 Å². The number of methoxy groups -OCH3 is 1. The molecule has 0 aliphatic carbocycles. The topological polar surface area (TPSA) is 84.9 Å². The second kappa shape index (κ2) is 10.8. The Labute approximate surface area is 200 Å². The van der Waals surface area contributed by atoms with Crippen molar-refractivity contribution in [1.29, 1.82) is 0 Å². The minimum absolute atomic E-state index is 0.0370. The average Bonchev–Trinajstić information content (AvgIpc) is 2.86. The smallest absolute Gasteiger partial charge is 0.246 e. The van der Waals surface area contributed by atoms with E-state index in [1.54, 1.807) is 12.1 Å². The van der Waals surface area contributed by atoms with Crippen LogP contribution >= 0.6 is 0 Å². The fraction of sp³-hybridized carbons (Fsp3) is 0.269. The molecule has 1 heterocycles. The van der Waals surface area contributed by atoms with Crippen LogP contribution in [0, 0.1) is 0 Å². The van der Waals surface area contributed by atoms with E-state index >= 15 is 0 Å². The lowest BCUT2D eigenvalue weighted by molar-refractivity contribution is -0.115. The molecule has 34 heavy (non-hydrogen) atoms. The van der Waals surface area contributed by atoms with E-state index in [4.69, 9.17) is 9.47 Å². The predicted molar refractivity (Wildman–Crippen MR) is 131 cm³/mol. The third kappa shape index (κ3) is 5.64. The Hall–Kier alpha value is -3.20. The predicted octanol–water partition coefficient (Wildman–Crippen LogP) is 3.49. The summed E-state index contributed by atoms with van der Waals surface area (Å²) in [6.07, 6.45) is 0.733. The van der Waals surface area contributed by atoms with Gasteiger partial charge in [0, 0.05) is 18.8 Å². The number of rotatable bonds is 8. The number of ether oxygens (including phenoxy) is 2. The number of hydrogen-bond donors (Lipinski definition) is 1. The van der Waals surface area contributed by atoms with Gasteiger partial charge in [-0.25, -0.2) is 8.42 Å². The molecule has 3 aromatic rings. The van der Waals surface area contributed by atoms with Gasteiger partial charge in [0.2, 0.25) is 15.9 Å². The van der Waals surface area contributed by atoms with Crippen LogP contribution in [0.4, 0.5) is 5.69 Å². The summed E-state index contributed by atoms with van der Waals surface area (Å²) in [5, 5.41) is 2.98. The minimum atomic E-state index is -3.77. The molecule has 1 aliphatic heterocycles. The second-order valence-corrected chi connectivity index (χ2v) is 9.95. The van der Waals surface area contributed by atoms with E-state index in [1.165, 1.54) is 17.5 Å². The molecule has 0 unspecified atom stereocenters. The summed E-state index contributed by atoms with van der Waals surface area (Å²) in [4.78, 5) is 12.9. The van der Waals surface area contributed by atoms with Crippen molar-refractivity contribution in [2.75, 3.05) is 38.7 Å². The first-order chi connectivity index (χ1) is 16.5. The Morgan fingerprint density at radius 1 is 0.971 bits per heavy atom. The third-order valence-electron chi connectivity index (χ3n) is 5.71. The SMILES string of the molecule is COc1ccc(CC(=O)Nc2ccccc2Cc2ccccc2)cc1S(=O)(=O)N1CCOCC1. The molecule has 7 nitrogen and oxygen atoms in total. The largest absolute Gasteiger partial charge is 0.495 e.